The molecule has 5 nitrogen and oxygen atoms in total. The van der Waals surface area contributed by atoms with Crippen molar-refractivity contribution in [1.29, 1.82) is 0 Å². The van der Waals surface area contributed by atoms with Crippen LogP contribution in [0.15, 0.2) is 47.6 Å². The number of hydrogen-bond acceptors (Lipinski definition) is 4. The Labute approximate surface area is 133 Å². The molecule has 0 heterocycles. The first kappa shape index (κ1) is 16.8. The quantitative estimate of drug-likeness (QED) is 0.496. The Morgan fingerprint density at radius 2 is 1.96 bits per heavy atom. The molecule has 0 aliphatic carbocycles. The fourth-order valence-electron chi connectivity index (χ4n) is 1.70. The summed E-state index contributed by atoms with van der Waals surface area (Å²) in [7, 11) is 0. The first-order valence-corrected chi connectivity index (χ1v) is 6.55. The largest absolute Gasteiger partial charge is 0.416 e. The van der Waals surface area contributed by atoms with E-state index in [2.05, 4.69) is 10.5 Å². The van der Waals surface area contributed by atoms with E-state index in [0.717, 1.165) is 12.1 Å². The summed E-state index contributed by atoms with van der Waals surface area (Å²) in [6, 6.07) is 8.54. The Balaban J connectivity index is 2.13. The van der Waals surface area contributed by atoms with E-state index in [1.54, 1.807) is 0 Å². The zero-order valence-electron chi connectivity index (χ0n) is 11.3. The number of benzene rings is 2. The maximum absolute atomic E-state index is 12.6. The van der Waals surface area contributed by atoms with Crippen LogP contribution in [-0.4, -0.2) is 11.1 Å². The highest BCUT2D eigenvalue weighted by molar-refractivity contribution is 6.32. The van der Waals surface area contributed by atoms with Gasteiger partial charge in [0, 0.05) is 11.6 Å². The molecule has 0 saturated carbocycles. The van der Waals surface area contributed by atoms with Gasteiger partial charge in [-0.1, -0.05) is 23.7 Å². The smallest absolute Gasteiger partial charge is 0.278 e. The van der Waals surface area contributed by atoms with Crippen molar-refractivity contribution < 1.29 is 18.1 Å². The van der Waals surface area contributed by atoms with Crippen molar-refractivity contribution in [3.8, 4) is 0 Å². The molecule has 0 atom stereocenters. The molecule has 0 aliphatic rings. The van der Waals surface area contributed by atoms with Gasteiger partial charge in [0.2, 0.25) is 0 Å². The molecular weight excluding hydrogens is 335 g/mol. The van der Waals surface area contributed by atoms with E-state index in [9.17, 15) is 23.3 Å². The molecule has 0 bridgehead atoms. The van der Waals surface area contributed by atoms with Crippen LogP contribution in [0.25, 0.3) is 0 Å². The van der Waals surface area contributed by atoms with Gasteiger partial charge in [-0.15, -0.1) is 0 Å². The van der Waals surface area contributed by atoms with Crippen LogP contribution in [0.2, 0.25) is 5.02 Å². The van der Waals surface area contributed by atoms with E-state index in [4.69, 9.17) is 11.6 Å². The van der Waals surface area contributed by atoms with Crippen LogP contribution in [0.1, 0.15) is 11.1 Å². The summed E-state index contributed by atoms with van der Waals surface area (Å²) in [5.41, 5.74) is 1.86. The topological polar surface area (TPSA) is 67.5 Å². The van der Waals surface area contributed by atoms with Gasteiger partial charge in [0.25, 0.3) is 5.69 Å². The maximum atomic E-state index is 12.6. The van der Waals surface area contributed by atoms with Gasteiger partial charge in [-0.05, 0) is 24.3 Å². The molecule has 23 heavy (non-hydrogen) atoms. The summed E-state index contributed by atoms with van der Waals surface area (Å²) >= 11 is 5.67. The normalized spacial score (nSPS) is 11.7. The van der Waals surface area contributed by atoms with Gasteiger partial charge >= 0.3 is 6.18 Å². The second kappa shape index (κ2) is 6.66. The van der Waals surface area contributed by atoms with E-state index >= 15 is 0 Å². The fraction of sp³-hybridized carbons (Fsp3) is 0.0714. The maximum Gasteiger partial charge on any atom is 0.416 e. The Morgan fingerprint density at radius 1 is 1.22 bits per heavy atom. The summed E-state index contributed by atoms with van der Waals surface area (Å²) in [4.78, 5) is 10.1. The molecular formula is C14H9ClF3N3O2. The van der Waals surface area contributed by atoms with E-state index in [1.807, 2.05) is 0 Å². The minimum atomic E-state index is -4.45. The average molecular weight is 344 g/mol. The Hall–Kier alpha value is -2.61. The van der Waals surface area contributed by atoms with Gasteiger partial charge in [0.15, 0.2) is 0 Å². The molecule has 0 amide bonds. The number of rotatable bonds is 4. The predicted octanol–water partition coefficient (Wildman–Crippen LogP) is 4.71. The van der Waals surface area contributed by atoms with Crippen molar-refractivity contribution in [1.82, 2.24) is 0 Å². The lowest BCUT2D eigenvalue weighted by Crippen LogP contribution is -2.05. The lowest BCUT2D eigenvalue weighted by Gasteiger charge is -2.08. The van der Waals surface area contributed by atoms with Crippen LogP contribution in [-0.2, 0) is 6.18 Å². The minimum Gasteiger partial charge on any atom is -0.278 e. The molecule has 0 spiro atoms. The van der Waals surface area contributed by atoms with E-state index in [-0.39, 0.29) is 16.4 Å². The highest BCUT2D eigenvalue weighted by atomic mass is 35.5. The van der Waals surface area contributed by atoms with Crippen molar-refractivity contribution in [3.63, 3.8) is 0 Å². The molecule has 2 aromatic carbocycles. The molecule has 0 aromatic heterocycles. The molecule has 9 heteroatoms. The molecule has 120 valence electrons. The summed E-state index contributed by atoms with van der Waals surface area (Å²) in [6.45, 7) is 0. The van der Waals surface area contributed by atoms with Crippen LogP contribution in [0.3, 0.4) is 0 Å². The summed E-state index contributed by atoms with van der Waals surface area (Å²) in [5, 5.41) is 14.5. The first-order valence-electron chi connectivity index (χ1n) is 6.17. The molecule has 1 N–H and O–H groups in total. The number of hydrogen-bond donors (Lipinski definition) is 1. The highest BCUT2D eigenvalue weighted by Gasteiger charge is 2.30. The number of alkyl halides is 3. The fourth-order valence-corrected chi connectivity index (χ4v) is 1.88. The van der Waals surface area contributed by atoms with Crippen molar-refractivity contribution in [2.75, 3.05) is 5.43 Å². The number of anilines is 1. The van der Waals surface area contributed by atoms with Gasteiger partial charge < -0.3 is 0 Å². The van der Waals surface area contributed by atoms with E-state index in [0.29, 0.717) is 5.56 Å². The third-order valence-electron chi connectivity index (χ3n) is 2.76. The summed E-state index contributed by atoms with van der Waals surface area (Å²) in [5.74, 6) is 0. The lowest BCUT2D eigenvalue weighted by atomic mass is 10.2. The third kappa shape index (κ3) is 4.43. The Bertz CT molecular complexity index is 763. The van der Waals surface area contributed by atoms with Gasteiger partial charge in [0.1, 0.15) is 5.02 Å². The first-order chi connectivity index (χ1) is 10.8. The van der Waals surface area contributed by atoms with Crippen LogP contribution < -0.4 is 5.43 Å². The van der Waals surface area contributed by atoms with Crippen LogP contribution in [0.4, 0.5) is 24.5 Å². The van der Waals surface area contributed by atoms with Crippen molar-refractivity contribution in [2.24, 2.45) is 5.10 Å². The van der Waals surface area contributed by atoms with Crippen molar-refractivity contribution >= 4 is 29.2 Å². The average Bonchev–Trinajstić information content (AvgIpc) is 2.48. The van der Waals surface area contributed by atoms with Crippen molar-refractivity contribution in [2.45, 2.75) is 6.18 Å². The van der Waals surface area contributed by atoms with Gasteiger partial charge in [-0.2, -0.15) is 18.3 Å². The lowest BCUT2D eigenvalue weighted by molar-refractivity contribution is -0.384. The standard InChI is InChI=1S/C14H9ClF3N3O2/c15-12-5-4-9(6-13(12)21(22)23)8-19-20-11-3-1-2-10(7-11)14(16,17)18/h1-8,20H/b19-8-. The zero-order chi connectivity index (χ0) is 17.0. The molecule has 0 unspecified atom stereocenters. The molecule has 0 radical (unpaired) electrons. The zero-order valence-corrected chi connectivity index (χ0v) is 12.1. The van der Waals surface area contributed by atoms with Gasteiger partial charge in [-0.25, -0.2) is 0 Å². The SMILES string of the molecule is O=[N+]([O-])c1cc(/C=N\Nc2cccc(C(F)(F)F)c2)ccc1Cl. The van der Waals surface area contributed by atoms with E-state index < -0.39 is 16.7 Å². The highest BCUT2D eigenvalue weighted by Crippen LogP contribution is 2.30. The van der Waals surface area contributed by atoms with Gasteiger partial charge in [0.05, 0.1) is 22.4 Å². The molecule has 0 fully saturated rings. The summed E-state index contributed by atoms with van der Waals surface area (Å²) in [6.07, 6.45) is -3.21. The van der Waals surface area contributed by atoms with Crippen LogP contribution in [0, 0.1) is 10.1 Å². The number of nitro groups is 1. The molecule has 2 aromatic rings. The number of hydrazone groups is 1. The van der Waals surface area contributed by atoms with Crippen molar-refractivity contribution in [3.05, 3.63) is 68.7 Å². The second-order valence-corrected chi connectivity index (χ2v) is 4.82. The number of nitrogens with zero attached hydrogens (tertiary/aromatic N) is 2. The number of nitro benzene ring substituents is 1. The summed E-state index contributed by atoms with van der Waals surface area (Å²) < 4.78 is 37.7. The molecule has 2 rings (SSSR count). The van der Waals surface area contributed by atoms with Crippen LogP contribution in [0.5, 0.6) is 0 Å². The molecule has 0 aliphatic heterocycles. The molecule has 0 saturated heterocycles. The monoisotopic (exact) mass is 343 g/mol. The Kier molecular flexibility index (Phi) is 4.85. The van der Waals surface area contributed by atoms with Crippen LogP contribution >= 0.6 is 11.6 Å². The minimum absolute atomic E-state index is 0.0158. The second-order valence-electron chi connectivity index (χ2n) is 4.42. The predicted molar refractivity (Wildman–Crippen MR) is 80.8 cm³/mol. The number of nitrogens with one attached hydrogen (secondary N) is 1. The van der Waals surface area contributed by atoms with Gasteiger partial charge in [-0.3, -0.25) is 15.5 Å². The Morgan fingerprint density at radius 3 is 2.61 bits per heavy atom. The number of halogens is 4. The van der Waals surface area contributed by atoms with E-state index in [1.165, 1.54) is 36.5 Å². The third-order valence-corrected chi connectivity index (χ3v) is 3.08.